The molecule has 0 bridgehead atoms. The summed E-state index contributed by atoms with van der Waals surface area (Å²) in [7, 11) is 0. The zero-order chi connectivity index (χ0) is 20.6. The van der Waals surface area contributed by atoms with Gasteiger partial charge in [-0.25, -0.2) is 0 Å². The number of carbonyl (C=O) groups excluding carboxylic acids is 2. The lowest BCUT2D eigenvalue weighted by molar-refractivity contribution is -0.120. The van der Waals surface area contributed by atoms with E-state index in [-0.39, 0.29) is 36.3 Å². The van der Waals surface area contributed by atoms with Gasteiger partial charge in [-0.15, -0.1) is 0 Å². The van der Waals surface area contributed by atoms with Gasteiger partial charge in [0, 0.05) is 12.2 Å². The van der Waals surface area contributed by atoms with Crippen LogP contribution in [0, 0.1) is 0 Å². The van der Waals surface area contributed by atoms with E-state index < -0.39 is 6.61 Å². The monoisotopic (exact) mass is 400 g/mol. The Bertz CT molecular complexity index is 957. The number of carbonyl (C=O) groups is 2. The summed E-state index contributed by atoms with van der Waals surface area (Å²) < 4.78 is 33.6. The first-order valence-corrected chi connectivity index (χ1v) is 8.74. The van der Waals surface area contributed by atoms with E-state index in [0.717, 1.165) is 5.56 Å². The second kappa shape index (κ2) is 9.50. The van der Waals surface area contributed by atoms with Crippen molar-refractivity contribution in [3.05, 3.63) is 83.8 Å². The molecule has 3 rings (SSSR count). The molecule has 0 spiro atoms. The van der Waals surface area contributed by atoms with Crippen LogP contribution in [0.4, 0.5) is 14.5 Å². The molecule has 2 N–H and O–H groups in total. The summed E-state index contributed by atoms with van der Waals surface area (Å²) in [5.74, 6) is -0.348. The normalized spacial score (nSPS) is 10.6. The smallest absolute Gasteiger partial charge is 0.387 e. The maximum absolute atomic E-state index is 12.1. The van der Waals surface area contributed by atoms with Crippen molar-refractivity contribution in [3.63, 3.8) is 0 Å². The van der Waals surface area contributed by atoms with Crippen LogP contribution in [0.1, 0.15) is 21.7 Å². The second-order valence-electron chi connectivity index (χ2n) is 6.11. The summed E-state index contributed by atoms with van der Waals surface area (Å²) in [6.45, 7) is -2.61. The lowest BCUT2D eigenvalue weighted by atomic mass is 10.1. The first kappa shape index (κ1) is 20.1. The molecule has 2 amide bonds. The number of ether oxygens (including phenoxy) is 1. The maximum atomic E-state index is 12.1. The molecule has 0 aliphatic heterocycles. The van der Waals surface area contributed by atoms with Crippen molar-refractivity contribution in [2.45, 2.75) is 19.6 Å². The van der Waals surface area contributed by atoms with Gasteiger partial charge < -0.3 is 19.8 Å². The van der Waals surface area contributed by atoms with E-state index in [4.69, 9.17) is 4.42 Å². The Balaban J connectivity index is 1.50. The Hall–Kier alpha value is -3.68. The number of hydrogen-bond donors (Lipinski definition) is 2. The molecule has 3 aromatic rings. The number of nitrogens with one attached hydrogen (secondary N) is 2. The Morgan fingerprint density at radius 1 is 1.00 bits per heavy atom. The van der Waals surface area contributed by atoms with Crippen molar-refractivity contribution >= 4 is 17.5 Å². The average molecular weight is 400 g/mol. The molecule has 0 radical (unpaired) electrons. The highest BCUT2D eigenvalue weighted by Gasteiger charge is 2.10. The van der Waals surface area contributed by atoms with Crippen LogP contribution in [0.5, 0.6) is 5.75 Å². The predicted molar refractivity (Wildman–Crippen MR) is 102 cm³/mol. The predicted octanol–water partition coefficient (Wildman–Crippen LogP) is 3.99. The van der Waals surface area contributed by atoms with Crippen LogP contribution < -0.4 is 15.4 Å². The van der Waals surface area contributed by atoms with Gasteiger partial charge in [-0.3, -0.25) is 9.59 Å². The molecular weight excluding hydrogens is 382 g/mol. The highest BCUT2D eigenvalue weighted by atomic mass is 19.3. The van der Waals surface area contributed by atoms with Crippen molar-refractivity contribution in [2.24, 2.45) is 0 Å². The molecule has 1 heterocycles. The molecule has 2 aromatic carbocycles. The van der Waals surface area contributed by atoms with Gasteiger partial charge >= 0.3 is 6.61 Å². The van der Waals surface area contributed by atoms with Gasteiger partial charge in [-0.05, 0) is 47.5 Å². The molecule has 1 aromatic heterocycles. The molecule has 8 heteroatoms. The van der Waals surface area contributed by atoms with Gasteiger partial charge in [0.2, 0.25) is 5.91 Å². The molecule has 0 saturated carbocycles. The van der Waals surface area contributed by atoms with Gasteiger partial charge in [0.15, 0.2) is 5.76 Å². The van der Waals surface area contributed by atoms with Crippen LogP contribution in [0.3, 0.4) is 0 Å². The van der Waals surface area contributed by atoms with E-state index >= 15 is 0 Å². The number of rotatable bonds is 8. The summed E-state index contributed by atoms with van der Waals surface area (Å²) in [5.41, 5.74) is 2.05. The Kier molecular flexibility index (Phi) is 6.57. The quantitative estimate of drug-likeness (QED) is 0.599. The van der Waals surface area contributed by atoms with Crippen LogP contribution >= 0.6 is 0 Å². The van der Waals surface area contributed by atoms with Crippen molar-refractivity contribution in [3.8, 4) is 5.75 Å². The lowest BCUT2D eigenvalue weighted by Crippen LogP contribution is -2.24. The Morgan fingerprint density at radius 2 is 1.79 bits per heavy atom. The third kappa shape index (κ3) is 6.17. The molecule has 0 aliphatic carbocycles. The molecule has 0 fully saturated rings. The van der Waals surface area contributed by atoms with Crippen molar-refractivity contribution in [1.82, 2.24) is 5.32 Å². The fourth-order valence-corrected chi connectivity index (χ4v) is 2.60. The van der Waals surface area contributed by atoms with Crippen LogP contribution in [-0.4, -0.2) is 18.4 Å². The molecule has 29 heavy (non-hydrogen) atoms. The second-order valence-corrected chi connectivity index (χ2v) is 6.11. The van der Waals surface area contributed by atoms with Gasteiger partial charge in [-0.2, -0.15) is 8.78 Å². The minimum Gasteiger partial charge on any atom is -0.459 e. The first-order chi connectivity index (χ1) is 14.0. The zero-order valence-corrected chi connectivity index (χ0v) is 15.2. The van der Waals surface area contributed by atoms with E-state index in [0.29, 0.717) is 11.3 Å². The summed E-state index contributed by atoms with van der Waals surface area (Å²) in [6, 6.07) is 16.1. The van der Waals surface area contributed by atoms with Crippen LogP contribution in [-0.2, 0) is 17.8 Å². The minimum absolute atomic E-state index is 0.0394. The van der Waals surface area contributed by atoms with Crippen molar-refractivity contribution < 1.29 is 27.5 Å². The standard InChI is InChI=1S/C21H18F2N2O4/c22-21(23)29-17-8-6-14(7-9-17)12-19(26)24-13-15-3-1-4-16(11-15)25-20(27)18-5-2-10-28-18/h1-11,21H,12-13H2,(H,24,26)(H,25,27). The van der Waals surface area contributed by atoms with E-state index in [2.05, 4.69) is 15.4 Å². The lowest BCUT2D eigenvalue weighted by Gasteiger charge is -2.09. The summed E-state index contributed by atoms with van der Waals surface area (Å²) in [4.78, 5) is 24.1. The summed E-state index contributed by atoms with van der Waals surface area (Å²) in [6.07, 6.45) is 1.52. The van der Waals surface area contributed by atoms with E-state index in [1.165, 1.54) is 18.4 Å². The van der Waals surface area contributed by atoms with Crippen molar-refractivity contribution in [1.29, 1.82) is 0 Å². The van der Waals surface area contributed by atoms with Gasteiger partial charge in [0.1, 0.15) is 5.75 Å². The first-order valence-electron chi connectivity index (χ1n) is 8.74. The summed E-state index contributed by atoms with van der Waals surface area (Å²) >= 11 is 0. The zero-order valence-electron chi connectivity index (χ0n) is 15.2. The average Bonchev–Trinajstić information content (AvgIpc) is 3.23. The number of furan rings is 1. The fourth-order valence-electron chi connectivity index (χ4n) is 2.60. The van der Waals surface area contributed by atoms with Crippen molar-refractivity contribution in [2.75, 3.05) is 5.32 Å². The molecule has 0 unspecified atom stereocenters. The molecule has 6 nitrogen and oxygen atoms in total. The van der Waals surface area contributed by atoms with Crippen LogP contribution in [0.2, 0.25) is 0 Å². The highest BCUT2D eigenvalue weighted by Crippen LogP contribution is 2.16. The Morgan fingerprint density at radius 3 is 2.48 bits per heavy atom. The van der Waals surface area contributed by atoms with Crippen LogP contribution in [0.25, 0.3) is 0 Å². The van der Waals surface area contributed by atoms with Crippen LogP contribution in [0.15, 0.2) is 71.3 Å². The number of alkyl halides is 2. The molecule has 0 aliphatic rings. The van der Waals surface area contributed by atoms with E-state index in [9.17, 15) is 18.4 Å². The number of amides is 2. The van der Waals surface area contributed by atoms with Gasteiger partial charge in [0.05, 0.1) is 12.7 Å². The molecule has 0 atom stereocenters. The topological polar surface area (TPSA) is 80.6 Å². The number of anilines is 1. The van der Waals surface area contributed by atoms with E-state index in [1.807, 2.05) is 6.07 Å². The largest absolute Gasteiger partial charge is 0.459 e. The summed E-state index contributed by atoms with van der Waals surface area (Å²) in [5, 5.41) is 5.50. The fraction of sp³-hybridized carbons (Fsp3) is 0.143. The highest BCUT2D eigenvalue weighted by molar-refractivity contribution is 6.02. The molecular formula is C21H18F2N2O4. The minimum atomic E-state index is -2.89. The number of halogens is 2. The third-order valence-corrected chi connectivity index (χ3v) is 3.93. The molecule has 0 saturated heterocycles. The molecule has 150 valence electrons. The number of hydrogen-bond acceptors (Lipinski definition) is 4. The SMILES string of the molecule is O=C(Cc1ccc(OC(F)F)cc1)NCc1cccc(NC(=O)c2ccco2)c1. The Labute approximate surface area is 165 Å². The van der Waals surface area contributed by atoms with Gasteiger partial charge in [-0.1, -0.05) is 24.3 Å². The maximum Gasteiger partial charge on any atom is 0.387 e. The number of benzene rings is 2. The third-order valence-electron chi connectivity index (χ3n) is 3.93. The van der Waals surface area contributed by atoms with Gasteiger partial charge in [0.25, 0.3) is 5.91 Å². The van der Waals surface area contributed by atoms with E-state index in [1.54, 1.807) is 42.5 Å².